The number of nitrogens with one attached hydrogen (secondary N) is 2. The maximum atomic E-state index is 12.1. The Hall–Kier alpha value is -2.25. The minimum atomic E-state index is -0.245. The predicted octanol–water partition coefficient (Wildman–Crippen LogP) is 2.23. The highest BCUT2D eigenvalue weighted by atomic mass is 32.1. The van der Waals surface area contributed by atoms with Crippen molar-refractivity contribution in [1.82, 2.24) is 10.3 Å². The van der Waals surface area contributed by atoms with Crippen molar-refractivity contribution in [3.63, 3.8) is 0 Å². The van der Waals surface area contributed by atoms with Gasteiger partial charge in [0.1, 0.15) is 5.69 Å². The molecule has 1 unspecified atom stereocenters. The minimum Gasteiger partial charge on any atom is -0.376 e. The van der Waals surface area contributed by atoms with Crippen molar-refractivity contribution in [3.8, 4) is 0 Å². The first-order valence-corrected chi connectivity index (χ1v) is 8.78. The molecule has 1 aliphatic rings. The van der Waals surface area contributed by atoms with E-state index in [1.54, 1.807) is 5.38 Å². The number of nitrogens with zero attached hydrogens (tertiary/aromatic N) is 1. The molecule has 0 spiro atoms. The van der Waals surface area contributed by atoms with Crippen LogP contribution in [0.4, 0.5) is 5.13 Å². The average molecular weight is 345 g/mol. The summed E-state index contributed by atoms with van der Waals surface area (Å²) in [5, 5.41) is 7.61. The molecule has 6 nitrogen and oxygen atoms in total. The van der Waals surface area contributed by atoms with E-state index in [2.05, 4.69) is 15.6 Å². The van der Waals surface area contributed by atoms with Gasteiger partial charge in [-0.3, -0.25) is 9.59 Å². The Morgan fingerprint density at radius 1 is 1.29 bits per heavy atom. The third kappa shape index (κ3) is 4.62. The Morgan fingerprint density at radius 3 is 2.88 bits per heavy atom. The fraction of sp³-hybridized carbons (Fsp3) is 0.353. The molecular weight excluding hydrogens is 326 g/mol. The van der Waals surface area contributed by atoms with E-state index in [0.717, 1.165) is 25.0 Å². The van der Waals surface area contributed by atoms with Crippen LogP contribution in [0.2, 0.25) is 0 Å². The number of carbonyl (C=O) groups is 2. The van der Waals surface area contributed by atoms with E-state index in [1.165, 1.54) is 11.3 Å². The normalized spacial score (nSPS) is 16.8. The number of anilines is 1. The van der Waals surface area contributed by atoms with Crippen LogP contribution in [-0.2, 0) is 16.0 Å². The lowest BCUT2D eigenvalue weighted by Crippen LogP contribution is -2.31. The molecule has 2 aromatic rings. The molecule has 24 heavy (non-hydrogen) atoms. The first-order valence-electron chi connectivity index (χ1n) is 7.90. The van der Waals surface area contributed by atoms with Crippen molar-refractivity contribution in [2.45, 2.75) is 25.4 Å². The van der Waals surface area contributed by atoms with Gasteiger partial charge in [0.15, 0.2) is 5.13 Å². The first kappa shape index (κ1) is 16.6. The standard InChI is InChI=1S/C17H19N3O3S/c21-15(9-12-5-2-1-3-6-12)20-17-19-14(11-24-17)16(22)18-10-13-7-4-8-23-13/h1-3,5-6,11,13H,4,7-10H2,(H,18,22)(H,19,20,21). The number of thiazole rings is 1. The number of rotatable bonds is 6. The van der Waals surface area contributed by atoms with Crippen LogP contribution in [0.1, 0.15) is 28.9 Å². The van der Waals surface area contributed by atoms with Crippen LogP contribution in [0.3, 0.4) is 0 Å². The van der Waals surface area contributed by atoms with Gasteiger partial charge in [0.2, 0.25) is 5.91 Å². The van der Waals surface area contributed by atoms with Gasteiger partial charge < -0.3 is 15.4 Å². The fourth-order valence-corrected chi connectivity index (χ4v) is 3.19. The molecule has 2 amide bonds. The van der Waals surface area contributed by atoms with Crippen LogP contribution in [-0.4, -0.2) is 36.1 Å². The summed E-state index contributed by atoms with van der Waals surface area (Å²) >= 11 is 1.24. The summed E-state index contributed by atoms with van der Waals surface area (Å²) in [6.07, 6.45) is 2.38. The maximum Gasteiger partial charge on any atom is 0.270 e. The molecule has 2 heterocycles. The van der Waals surface area contributed by atoms with Crippen LogP contribution in [0.15, 0.2) is 35.7 Å². The van der Waals surface area contributed by atoms with Crippen LogP contribution in [0.5, 0.6) is 0 Å². The van der Waals surface area contributed by atoms with Crippen molar-refractivity contribution in [2.75, 3.05) is 18.5 Å². The number of carbonyl (C=O) groups excluding carboxylic acids is 2. The Labute approximate surface area is 144 Å². The Bertz CT molecular complexity index is 696. The molecule has 1 saturated heterocycles. The van der Waals surface area contributed by atoms with Crippen LogP contribution < -0.4 is 10.6 Å². The number of ether oxygens (including phenoxy) is 1. The number of amides is 2. The molecule has 3 rings (SSSR count). The zero-order valence-electron chi connectivity index (χ0n) is 13.2. The third-order valence-electron chi connectivity index (χ3n) is 3.70. The smallest absolute Gasteiger partial charge is 0.270 e. The lowest BCUT2D eigenvalue weighted by atomic mass is 10.1. The molecule has 1 atom stereocenters. The minimum absolute atomic E-state index is 0.0950. The molecule has 1 aromatic heterocycles. The first-order chi connectivity index (χ1) is 11.7. The van der Waals surface area contributed by atoms with E-state index >= 15 is 0 Å². The number of benzene rings is 1. The van der Waals surface area contributed by atoms with E-state index in [-0.39, 0.29) is 24.3 Å². The van der Waals surface area contributed by atoms with Crippen molar-refractivity contribution >= 4 is 28.3 Å². The third-order valence-corrected chi connectivity index (χ3v) is 4.46. The van der Waals surface area contributed by atoms with Gasteiger partial charge in [-0.05, 0) is 18.4 Å². The van der Waals surface area contributed by atoms with Crippen molar-refractivity contribution in [3.05, 3.63) is 47.0 Å². The zero-order valence-corrected chi connectivity index (χ0v) is 14.0. The Kier molecular flexibility index (Phi) is 5.55. The summed E-state index contributed by atoms with van der Waals surface area (Å²) in [5.74, 6) is -0.396. The van der Waals surface area contributed by atoms with Crippen LogP contribution in [0, 0.1) is 0 Å². The van der Waals surface area contributed by atoms with Crippen LogP contribution in [0.25, 0.3) is 0 Å². The summed E-state index contributed by atoms with van der Waals surface area (Å²) < 4.78 is 5.46. The number of hydrogen-bond acceptors (Lipinski definition) is 5. The predicted molar refractivity (Wildman–Crippen MR) is 92.2 cm³/mol. The van der Waals surface area contributed by atoms with Crippen molar-refractivity contribution in [2.24, 2.45) is 0 Å². The monoisotopic (exact) mass is 345 g/mol. The topological polar surface area (TPSA) is 80.3 Å². The highest BCUT2D eigenvalue weighted by Gasteiger charge is 2.18. The molecule has 0 radical (unpaired) electrons. The maximum absolute atomic E-state index is 12.1. The fourth-order valence-electron chi connectivity index (χ4n) is 2.48. The molecule has 0 saturated carbocycles. The second-order valence-corrected chi connectivity index (χ2v) is 6.45. The van der Waals surface area contributed by atoms with Gasteiger partial charge in [-0.2, -0.15) is 0 Å². The summed E-state index contributed by atoms with van der Waals surface area (Å²) in [6.45, 7) is 1.25. The molecule has 1 fully saturated rings. The van der Waals surface area contributed by atoms with Gasteiger partial charge in [-0.15, -0.1) is 11.3 Å². The Balaban J connectivity index is 1.49. The van der Waals surface area contributed by atoms with Gasteiger partial charge in [0.05, 0.1) is 12.5 Å². The highest BCUT2D eigenvalue weighted by molar-refractivity contribution is 7.14. The molecular formula is C17H19N3O3S. The summed E-state index contributed by atoms with van der Waals surface area (Å²) in [4.78, 5) is 28.2. The van der Waals surface area contributed by atoms with E-state index in [0.29, 0.717) is 17.4 Å². The molecule has 0 bridgehead atoms. The SMILES string of the molecule is O=C(Cc1ccccc1)Nc1nc(C(=O)NCC2CCCO2)cs1. The van der Waals surface area contributed by atoms with Crippen molar-refractivity contribution < 1.29 is 14.3 Å². The van der Waals surface area contributed by atoms with E-state index in [9.17, 15) is 9.59 Å². The molecule has 1 aliphatic heterocycles. The lowest BCUT2D eigenvalue weighted by molar-refractivity contribution is -0.115. The van der Waals surface area contributed by atoms with Crippen molar-refractivity contribution in [1.29, 1.82) is 0 Å². The Morgan fingerprint density at radius 2 is 2.12 bits per heavy atom. The summed E-state index contributed by atoms with van der Waals surface area (Å²) in [6, 6.07) is 9.48. The largest absolute Gasteiger partial charge is 0.376 e. The van der Waals surface area contributed by atoms with E-state index in [4.69, 9.17) is 4.74 Å². The van der Waals surface area contributed by atoms with Gasteiger partial charge >= 0.3 is 0 Å². The molecule has 2 N–H and O–H groups in total. The van der Waals surface area contributed by atoms with Gasteiger partial charge in [0.25, 0.3) is 5.91 Å². The van der Waals surface area contributed by atoms with Gasteiger partial charge in [-0.25, -0.2) is 4.98 Å². The molecule has 1 aromatic carbocycles. The second kappa shape index (κ2) is 8.03. The van der Waals surface area contributed by atoms with Gasteiger partial charge in [-0.1, -0.05) is 30.3 Å². The molecule has 7 heteroatoms. The summed E-state index contributed by atoms with van der Waals surface area (Å²) in [5.41, 5.74) is 1.24. The van der Waals surface area contributed by atoms with E-state index < -0.39 is 0 Å². The lowest BCUT2D eigenvalue weighted by Gasteiger charge is -2.09. The van der Waals surface area contributed by atoms with Crippen LogP contribution >= 0.6 is 11.3 Å². The second-order valence-electron chi connectivity index (χ2n) is 5.59. The number of hydrogen-bond donors (Lipinski definition) is 2. The van der Waals surface area contributed by atoms with E-state index in [1.807, 2.05) is 30.3 Å². The highest BCUT2D eigenvalue weighted by Crippen LogP contribution is 2.16. The molecule has 0 aliphatic carbocycles. The quantitative estimate of drug-likeness (QED) is 0.841. The van der Waals surface area contributed by atoms with Gasteiger partial charge in [0, 0.05) is 18.5 Å². The number of aromatic nitrogens is 1. The zero-order chi connectivity index (χ0) is 16.8. The summed E-state index contributed by atoms with van der Waals surface area (Å²) in [7, 11) is 0. The average Bonchev–Trinajstić information content (AvgIpc) is 3.25. The molecule has 126 valence electrons.